The van der Waals surface area contributed by atoms with Crippen LogP contribution in [0.15, 0.2) is 24.7 Å². The fourth-order valence-corrected chi connectivity index (χ4v) is 6.40. The van der Waals surface area contributed by atoms with E-state index in [1.165, 1.54) is 0 Å². The smallest absolute Gasteiger partial charge is 0.249 e. The van der Waals surface area contributed by atoms with Crippen LogP contribution in [-0.2, 0) is 14.6 Å². The van der Waals surface area contributed by atoms with E-state index in [1.807, 2.05) is 13.1 Å². The zero-order valence-corrected chi connectivity index (χ0v) is 18.6. The molecule has 0 radical (unpaired) electrons. The van der Waals surface area contributed by atoms with Gasteiger partial charge in [0.05, 0.1) is 35.5 Å². The molecule has 3 aliphatic rings. The number of anilines is 3. The first kappa shape index (κ1) is 20.9. The number of carbonyl (C=O) groups excluding carboxylic acids is 1. The molecule has 11 heteroatoms. The number of aromatic nitrogens is 4. The summed E-state index contributed by atoms with van der Waals surface area (Å²) in [7, 11) is -2.93. The molecule has 1 amide bonds. The lowest BCUT2D eigenvalue weighted by molar-refractivity contribution is -0.124. The van der Waals surface area contributed by atoms with Crippen molar-refractivity contribution in [3.8, 4) is 6.07 Å². The quantitative estimate of drug-likeness (QED) is 0.724. The van der Waals surface area contributed by atoms with Gasteiger partial charge in [0.25, 0.3) is 0 Å². The molecule has 0 bridgehead atoms. The Hall–Kier alpha value is -3.00. The van der Waals surface area contributed by atoms with E-state index in [1.54, 1.807) is 28.0 Å². The van der Waals surface area contributed by atoms with Gasteiger partial charge < -0.3 is 5.32 Å². The normalized spacial score (nSPS) is 27.9. The second kappa shape index (κ2) is 7.55. The predicted octanol–water partition coefficient (Wildman–Crippen LogP) is 2.07. The number of carbonyl (C=O) groups is 1. The Kier molecular flexibility index (Phi) is 4.93. The lowest BCUT2D eigenvalue weighted by Gasteiger charge is -2.22. The number of nitrogens with one attached hydrogen (secondary N) is 1. The van der Waals surface area contributed by atoms with Gasteiger partial charge in [-0.05, 0) is 37.7 Å². The first-order chi connectivity index (χ1) is 15.3. The first-order valence-electron chi connectivity index (χ1n) is 10.9. The van der Waals surface area contributed by atoms with Gasteiger partial charge in [-0.25, -0.2) is 13.4 Å². The van der Waals surface area contributed by atoms with Gasteiger partial charge in [-0.15, -0.1) is 0 Å². The Bertz CT molecular complexity index is 1190. The number of sulfone groups is 1. The molecule has 10 nitrogen and oxygen atoms in total. The van der Waals surface area contributed by atoms with E-state index in [0.29, 0.717) is 36.8 Å². The van der Waals surface area contributed by atoms with Crippen LogP contribution in [0.3, 0.4) is 0 Å². The van der Waals surface area contributed by atoms with Gasteiger partial charge in [0.15, 0.2) is 0 Å². The molecule has 3 fully saturated rings. The van der Waals surface area contributed by atoms with E-state index in [9.17, 15) is 18.5 Å². The molecular formula is C21H25N7O3S. The van der Waals surface area contributed by atoms with Crippen LogP contribution in [0, 0.1) is 28.6 Å². The molecule has 2 atom stereocenters. The van der Waals surface area contributed by atoms with Crippen LogP contribution in [0.1, 0.15) is 38.6 Å². The maximum Gasteiger partial charge on any atom is 0.249 e. The number of nitriles is 1. The molecule has 2 aliphatic heterocycles. The number of rotatable bonds is 5. The van der Waals surface area contributed by atoms with Crippen LogP contribution in [-0.4, -0.2) is 52.1 Å². The van der Waals surface area contributed by atoms with Crippen molar-refractivity contribution in [3.63, 3.8) is 0 Å². The Morgan fingerprint density at radius 3 is 2.69 bits per heavy atom. The third-order valence-electron chi connectivity index (χ3n) is 6.91. The standard InChI is InChI=1S/C21H25N7O3S/c1-14-11-27(19(29)21(14,13-22)15-2-3-15)18-4-7-23-20(26-18)25-16-10-24-28(12-16)17-5-8-32(30,31)9-6-17/h4,7,10,12,14-15,17H,2-3,5-6,8-9,11H2,1H3,(H,23,25,26)/t14-,21+/m1/s1. The fourth-order valence-electron chi connectivity index (χ4n) is 4.93. The molecule has 0 aromatic carbocycles. The van der Waals surface area contributed by atoms with Crippen molar-refractivity contribution < 1.29 is 13.2 Å². The molecule has 2 aromatic heterocycles. The minimum absolute atomic E-state index is 0.0477. The second-order valence-electron chi connectivity index (χ2n) is 9.03. The molecule has 5 rings (SSSR count). The van der Waals surface area contributed by atoms with E-state index in [-0.39, 0.29) is 35.3 Å². The third kappa shape index (κ3) is 3.52. The maximum atomic E-state index is 13.2. The molecule has 2 saturated heterocycles. The largest absolute Gasteiger partial charge is 0.321 e. The Morgan fingerprint density at radius 1 is 1.25 bits per heavy atom. The van der Waals surface area contributed by atoms with Gasteiger partial charge in [-0.1, -0.05) is 6.92 Å². The van der Waals surface area contributed by atoms with Crippen molar-refractivity contribution >= 4 is 33.2 Å². The number of hydrogen-bond acceptors (Lipinski definition) is 8. The van der Waals surface area contributed by atoms with Crippen molar-refractivity contribution in [2.24, 2.45) is 17.3 Å². The summed E-state index contributed by atoms with van der Waals surface area (Å²) < 4.78 is 25.1. The van der Waals surface area contributed by atoms with Crippen LogP contribution in [0.4, 0.5) is 17.5 Å². The average Bonchev–Trinajstić information content (AvgIpc) is 3.46. The molecule has 2 aromatic rings. The summed E-state index contributed by atoms with van der Waals surface area (Å²) in [5.41, 5.74) is -0.270. The van der Waals surface area contributed by atoms with Crippen LogP contribution in [0.5, 0.6) is 0 Å². The second-order valence-corrected chi connectivity index (χ2v) is 11.3. The Morgan fingerprint density at radius 2 is 2.00 bits per heavy atom. The SMILES string of the molecule is C[C@@H]1CN(c2ccnc(Nc3cnn(C4CCS(=O)(=O)CC4)c3)n2)C(=O)[C@]1(C#N)C1CC1. The minimum Gasteiger partial charge on any atom is -0.321 e. The van der Waals surface area contributed by atoms with Gasteiger partial charge in [-0.2, -0.15) is 15.3 Å². The van der Waals surface area contributed by atoms with E-state index in [0.717, 1.165) is 12.8 Å². The van der Waals surface area contributed by atoms with Crippen molar-refractivity contribution in [1.82, 2.24) is 19.7 Å². The van der Waals surface area contributed by atoms with Gasteiger partial charge in [-0.3, -0.25) is 14.4 Å². The molecule has 0 spiro atoms. The fraction of sp³-hybridized carbons (Fsp3) is 0.571. The molecule has 1 aliphatic carbocycles. The predicted molar refractivity (Wildman–Crippen MR) is 117 cm³/mol. The maximum absolute atomic E-state index is 13.2. The molecule has 168 valence electrons. The summed E-state index contributed by atoms with van der Waals surface area (Å²) in [4.78, 5) is 23.6. The van der Waals surface area contributed by atoms with Gasteiger partial charge in [0, 0.05) is 24.9 Å². The number of hydrogen-bond donors (Lipinski definition) is 1. The highest BCUT2D eigenvalue weighted by atomic mass is 32.2. The summed E-state index contributed by atoms with van der Waals surface area (Å²) in [6.45, 7) is 2.42. The topological polar surface area (TPSA) is 134 Å². The monoisotopic (exact) mass is 455 g/mol. The van der Waals surface area contributed by atoms with E-state index in [4.69, 9.17) is 0 Å². The Balaban J connectivity index is 1.31. The molecular weight excluding hydrogens is 430 g/mol. The van der Waals surface area contributed by atoms with Crippen molar-refractivity contribution in [1.29, 1.82) is 5.26 Å². The summed E-state index contributed by atoms with van der Waals surface area (Å²) >= 11 is 0. The zero-order chi connectivity index (χ0) is 22.5. The number of amides is 1. The van der Waals surface area contributed by atoms with Gasteiger partial charge in [0.1, 0.15) is 21.1 Å². The average molecular weight is 456 g/mol. The molecule has 1 saturated carbocycles. The van der Waals surface area contributed by atoms with Crippen LogP contribution < -0.4 is 10.2 Å². The van der Waals surface area contributed by atoms with Crippen LogP contribution >= 0.6 is 0 Å². The minimum atomic E-state index is -2.93. The summed E-state index contributed by atoms with van der Waals surface area (Å²) in [6, 6.07) is 4.06. The van der Waals surface area contributed by atoms with E-state index in [2.05, 4.69) is 26.5 Å². The lowest BCUT2D eigenvalue weighted by atomic mass is 9.75. The summed E-state index contributed by atoms with van der Waals surface area (Å²) in [5.74, 6) is 1.07. The third-order valence-corrected chi connectivity index (χ3v) is 8.63. The van der Waals surface area contributed by atoms with Crippen molar-refractivity contribution in [2.75, 3.05) is 28.3 Å². The Labute approximate surface area is 186 Å². The summed E-state index contributed by atoms with van der Waals surface area (Å²) in [6.07, 6.45) is 7.99. The first-order valence-corrected chi connectivity index (χ1v) is 12.7. The van der Waals surface area contributed by atoms with Crippen LogP contribution in [0.2, 0.25) is 0 Å². The molecule has 0 unspecified atom stereocenters. The molecule has 4 heterocycles. The van der Waals surface area contributed by atoms with Gasteiger partial charge in [0.2, 0.25) is 11.9 Å². The van der Waals surface area contributed by atoms with Gasteiger partial charge >= 0.3 is 0 Å². The van der Waals surface area contributed by atoms with Crippen LogP contribution in [0.25, 0.3) is 0 Å². The lowest BCUT2D eigenvalue weighted by Crippen LogP contribution is -2.37. The molecule has 32 heavy (non-hydrogen) atoms. The number of nitrogens with zero attached hydrogens (tertiary/aromatic N) is 6. The van der Waals surface area contributed by atoms with Crippen molar-refractivity contribution in [2.45, 2.75) is 38.6 Å². The summed E-state index contributed by atoms with van der Waals surface area (Å²) in [5, 5.41) is 17.3. The zero-order valence-electron chi connectivity index (χ0n) is 17.8. The molecule has 1 N–H and O–H groups in total. The van der Waals surface area contributed by atoms with E-state index >= 15 is 0 Å². The van der Waals surface area contributed by atoms with E-state index < -0.39 is 15.3 Å². The highest BCUT2D eigenvalue weighted by Crippen LogP contribution is 2.54. The highest BCUT2D eigenvalue weighted by molar-refractivity contribution is 7.91. The highest BCUT2D eigenvalue weighted by Gasteiger charge is 2.61. The van der Waals surface area contributed by atoms with Crippen molar-refractivity contribution in [3.05, 3.63) is 24.7 Å².